The Balaban J connectivity index is 1.84. The van der Waals surface area contributed by atoms with E-state index in [-0.39, 0.29) is 0 Å². The largest absolute Gasteiger partial charge is 0.317 e. The zero-order valence-electron chi connectivity index (χ0n) is 7.51. The molecule has 1 aliphatic heterocycles. The van der Waals surface area contributed by atoms with Crippen LogP contribution >= 0.6 is 0 Å². The summed E-state index contributed by atoms with van der Waals surface area (Å²) in [5, 5.41) is 3.29. The second-order valence-corrected chi connectivity index (χ2v) is 4.05. The standard InChI is InChI=1S/C10H17NO/c12-10(8-2-1-3-8)9-4-6-11-7-5-9/h8-9,11H,1-7H2. The highest BCUT2D eigenvalue weighted by atomic mass is 16.1. The second-order valence-electron chi connectivity index (χ2n) is 4.05. The molecule has 2 rings (SSSR count). The molecule has 0 atom stereocenters. The lowest BCUT2D eigenvalue weighted by molar-refractivity contribution is -0.130. The summed E-state index contributed by atoms with van der Waals surface area (Å²) in [5.74, 6) is 1.42. The van der Waals surface area contributed by atoms with Crippen LogP contribution in [0.1, 0.15) is 32.1 Å². The molecule has 0 bridgehead atoms. The molecule has 2 fully saturated rings. The lowest BCUT2D eigenvalue weighted by Gasteiger charge is -2.30. The van der Waals surface area contributed by atoms with Crippen LogP contribution in [0.4, 0.5) is 0 Å². The van der Waals surface area contributed by atoms with Crippen LogP contribution in [0.15, 0.2) is 0 Å². The molecule has 0 unspecified atom stereocenters. The van der Waals surface area contributed by atoms with Crippen molar-refractivity contribution in [3.8, 4) is 0 Å². The van der Waals surface area contributed by atoms with Gasteiger partial charge in [-0.3, -0.25) is 4.79 Å². The van der Waals surface area contributed by atoms with Gasteiger partial charge in [-0.05, 0) is 38.8 Å². The molecule has 68 valence electrons. The first kappa shape index (κ1) is 8.24. The topological polar surface area (TPSA) is 29.1 Å². The Morgan fingerprint density at radius 3 is 2.08 bits per heavy atom. The van der Waals surface area contributed by atoms with Gasteiger partial charge in [0, 0.05) is 11.8 Å². The Bertz CT molecular complexity index is 169. The van der Waals surface area contributed by atoms with Crippen LogP contribution in [0.2, 0.25) is 0 Å². The van der Waals surface area contributed by atoms with Gasteiger partial charge in [0.2, 0.25) is 0 Å². The highest BCUT2D eigenvalue weighted by molar-refractivity contribution is 5.84. The summed E-state index contributed by atoms with van der Waals surface area (Å²) >= 11 is 0. The Labute approximate surface area is 73.7 Å². The second kappa shape index (κ2) is 3.56. The van der Waals surface area contributed by atoms with Crippen molar-refractivity contribution in [1.29, 1.82) is 0 Å². The fraction of sp³-hybridized carbons (Fsp3) is 0.900. The lowest BCUT2D eigenvalue weighted by Crippen LogP contribution is -2.36. The van der Waals surface area contributed by atoms with Gasteiger partial charge in [0.25, 0.3) is 0 Å². The van der Waals surface area contributed by atoms with Gasteiger partial charge in [-0.1, -0.05) is 6.42 Å². The molecular weight excluding hydrogens is 150 g/mol. The zero-order chi connectivity index (χ0) is 8.39. The SMILES string of the molecule is O=C(C1CCC1)C1CCNCC1. The van der Waals surface area contributed by atoms with E-state index < -0.39 is 0 Å². The van der Waals surface area contributed by atoms with Crippen LogP contribution in [0.5, 0.6) is 0 Å². The van der Waals surface area contributed by atoms with Gasteiger partial charge < -0.3 is 5.32 Å². The first-order valence-electron chi connectivity index (χ1n) is 5.12. The molecule has 0 aromatic carbocycles. The van der Waals surface area contributed by atoms with Gasteiger partial charge in [-0.25, -0.2) is 0 Å². The fourth-order valence-electron chi connectivity index (χ4n) is 2.13. The molecule has 1 aliphatic carbocycles. The van der Waals surface area contributed by atoms with Crippen molar-refractivity contribution in [2.24, 2.45) is 11.8 Å². The molecule has 0 amide bonds. The summed E-state index contributed by atoms with van der Waals surface area (Å²) in [7, 11) is 0. The van der Waals surface area contributed by atoms with Crippen molar-refractivity contribution in [1.82, 2.24) is 5.32 Å². The molecule has 1 heterocycles. The first-order chi connectivity index (χ1) is 5.88. The van der Waals surface area contributed by atoms with E-state index in [1.54, 1.807) is 0 Å². The maximum atomic E-state index is 11.8. The Morgan fingerprint density at radius 1 is 1.00 bits per heavy atom. The quantitative estimate of drug-likeness (QED) is 0.672. The summed E-state index contributed by atoms with van der Waals surface area (Å²) in [6, 6.07) is 0. The highest BCUT2D eigenvalue weighted by Crippen LogP contribution is 2.31. The smallest absolute Gasteiger partial charge is 0.139 e. The summed E-state index contributed by atoms with van der Waals surface area (Å²) < 4.78 is 0. The van der Waals surface area contributed by atoms with Gasteiger partial charge in [0.15, 0.2) is 0 Å². The van der Waals surface area contributed by atoms with Crippen LogP contribution < -0.4 is 5.32 Å². The van der Waals surface area contributed by atoms with Gasteiger partial charge in [0.05, 0.1) is 0 Å². The number of piperidine rings is 1. The average Bonchev–Trinajstić information content (AvgIpc) is 2.03. The molecule has 2 nitrogen and oxygen atoms in total. The third-order valence-corrected chi connectivity index (χ3v) is 3.25. The number of nitrogens with one attached hydrogen (secondary N) is 1. The lowest BCUT2D eigenvalue weighted by atomic mass is 9.75. The van der Waals surface area contributed by atoms with E-state index in [0.717, 1.165) is 25.9 Å². The first-order valence-corrected chi connectivity index (χ1v) is 5.12. The highest BCUT2D eigenvalue weighted by Gasteiger charge is 2.31. The Kier molecular flexibility index (Phi) is 2.45. The van der Waals surface area contributed by atoms with Crippen LogP contribution in [0.25, 0.3) is 0 Å². The van der Waals surface area contributed by atoms with E-state index in [1.807, 2.05) is 0 Å². The molecule has 0 spiro atoms. The van der Waals surface area contributed by atoms with Crippen LogP contribution in [-0.4, -0.2) is 18.9 Å². The van der Waals surface area contributed by atoms with Crippen LogP contribution in [0, 0.1) is 11.8 Å². The summed E-state index contributed by atoms with van der Waals surface area (Å²) in [5.41, 5.74) is 0. The molecule has 0 radical (unpaired) electrons. The third kappa shape index (κ3) is 1.53. The van der Waals surface area contributed by atoms with Crippen LogP contribution in [-0.2, 0) is 4.79 Å². The number of hydrogen-bond donors (Lipinski definition) is 1. The molecular formula is C10H17NO. The van der Waals surface area contributed by atoms with Crippen molar-refractivity contribution < 1.29 is 4.79 Å². The monoisotopic (exact) mass is 167 g/mol. The molecule has 2 aliphatic rings. The fourth-order valence-corrected chi connectivity index (χ4v) is 2.13. The van der Waals surface area contributed by atoms with E-state index in [2.05, 4.69) is 5.32 Å². The van der Waals surface area contributed by atoms with E-state index in [0.29, 0.717) is 17.6 Å². The molecule has 0 aromatic rings. The van der Waals surface area contributed by atoms with Crippen molar-refractivity contribution in [3.63, 3.8) is 0 Å². The molecule has 0 aromatic heterocycles. The van der Waals surface area contributed by atoms with Crippen molar-refractivity contribution in [2.75, 3.05) is 13.1 Å². The normalized spacial score (nSPS) is 26.7. The van der Waals surface area contributed by atoms with E-state index in [4.69, 9.17) is 0 Å². The molecule has 2 heteroatoms. The molecule has 1 saturated heterocycles. The maximum Gasteiger partial charge on any atom is 0.139 e. The number of hydrogen-bond acceptors (Lipinski definition) is 2. The zero-order valence-corrected chi connectivity index (χ0v) is 7.51. The molecule has 1 N–H and O–H groups in total. The molecule has 1 saturated carbocycles. The minimum absolute atomic E-state index is 0.400. The minimum Gasteiger partial charge on any atom is -0.317 e. The van der Waals surface area contributed by atoms with Gasteiger partial charge >= 0.3 is 0 Å². The summed E-state index contributed by atoms with van der Waals surface area (Å²) in [6.07, 6.45) is 5.78. The number of ketones is 1. The van der Waals surface area contributed by atoms with Crippen molar-refractivity contribution >= 4 is 5.78 Å². The Morgan fingerprint density at radius 2 is 1.58 bits per heavy atom. The Hall–Kier alpha value is -0.370. The summed E-state index contributed by atoms with van der Waals surface area (Å²) in [4.78, 5) is 11.8. The van der Waals surface area contributed by atoms with Gasteiger partial charge in [-0.15, -0.1) is 0 Å². The predicted molar refractivity (Wildman–Crippen MR) is 47.9 cm³/mol. The molecule has 12 heavy (non-hydrogen) atoms. The van der Waals surface area contributed by atoms with Crippen molar-refractivity contribution in [2.45, 2.75) is 32.1 Å². The van der Waals surface area contributed by atoms with E-state index in [9.17, 15) is 4.79 Å². The van der Waals surface area contributed by atoms with E-state index in [1.165, 1.54) is 19.3 Å². The average molecular weight is 167 g/mol. The number of carbonyl (C=O) groups is 1. The van der Waals surface area contributed by atoms with Gasteiger partial charge in [0.1, 0.15) is 5.78 Å². The number of carbonyl (C=O) groups excluding carboxylic acids is 1. The summed E-state index contributed by atoms with van der Waals surface area (Å²) in [6.45, 7) is 2.09. The third-order valence-electron chi connectivity index (χ3n) is 3.25. The van der Waals surface area contributed by atoms with Crippen molar-refractivity contribution in [3.05, 3.63) is 0 Å². The number of rotatable bonds is 2. The van der Waals surface area contributed by atoms with Gasteiger partial charge in [-0.2, -0.15) is 0 Å². The minimum atomic E-state index is 0.400. The predicted octanol–water partition coefficient (Wildman–Crippen LogP) is 1.36. The maximum absolute atomic E-state index is 11.8. The van der Waals surface area contributed by atoms with E-state index >= 15 is 0 Å². The van der Waals surface area contributed by atoms with Crippen LogP contribution in [0.3, 0.4) is 0 Å². The number of Topliss-reactive ketones (excluding diaryl/α,β-unsaturated/α-hetero) is 1.